The lowest BCUT2D eigenvalue weighted by molar-refractivity contribution is -0.137. The zero-order valence-corrected chi connectivity index (χ0v) is 18.7. The van der Waals surface area contributed by atoms with Crippen LogP contribution in [-0.4, -0.2) is 19.6 Å². The molecule has 34 heavy (non-hydrogen) atoms. The van der Waals surface area contributed by atoms with E-state index in [0.717, 1.165) is 30.2 Å². The fraction of sp³-hybridized carbons (Fsp3) is 0.269. The minimum atomic E-state index is -4.57. The first-order valence-corrected chi connectivity index (χ1v) is 10.9. The molecule has 178 valence electrons. The third kappa shape index (κ3) is 5.62. The second-order valence-electron chi connectivity index (χ2n) is 8.06. The third-order valence-corrected chi connectivity index (χ3v) is 5.69. The second-order valence-corrected chi connectivity index (χ2v) is 8.06. The van der Waals surface area contributed by atoms with E-state index in [2.05, 4.69) is 28.8 Å². The number of hydrogen-bond donors (Lipinski definition) is 2. The average molecular weight is 470 g/mol. The lowest BCUT2D eigenvalue weighted by Gasteiger charge is -2.15. The zero-order valence-electron chi connectivity index (χ0n) is 18.7. The van der Waals surface area contributed by atoms with Gasteiger partial charge in [0.25, 0.3) is 5.91 Å². The van der Waals surface area contributed by atoms with Crippen molar-refractivity contribution in [1.82, 2.24) is 0 Å². The number of halogens is 3. The van der Waals surface area contributed by atoms with E-state index in [0.29, 0.717) is 18.0 Å². The molecule has 0 saturated carbocycles. The van der Waals surface area contributed by atoms with Crippen molar-refractivity contribution in [3.8, 4) is 11.5 Å². The number of amides is 1. The summed E-state index contributed by atoms with van der Waals surface area (Å²) in [5.41, 5.74) is 3.58. The number of methoxy groups -OCH3 is 1. The van der Waals surface area contributed by atoms with Crippen LogP contribution in [-0.2, 0) is 30.4 Å². The van der Waals surface area contributed by atoms with E-state index in [1.54, 1.807) is 12.1 Å². The Morgan fingerprint density at radius 1 is 0.971 bits per heavy atom. The van der Waals surface area contributed by atoms with Gasteiger partial charge in [-0.3, -0.25) is 4.79 Å². The maximum atomic E-state index is 13.1. The normalized spacial score (nSPS) is 12.7. The van der Waals surface area contributed by atoms with Crippen LogP contribution >= 0.6 is 0 Å². The first-order valence-electron chi connectivity index (χ1n) is 10.9. The number of hydrogen-bond acceptors (Lipinski definition) is 4. The lowest BCUT2D eigenvalue weighted by atomic mass is 10.1. The fourth-order valence-corrected chi connectivity index (χ4v) is 4.00. The predicted octanol–water partition coefficient (Wildman–Crippen LogP) is 5.83. The highest BCUT2D eigenvalue weighted by Gasteiger charge is 2.33. The summed E-state index contributed by atoms with van der Waals surface area (Å²) in [6.07, 6.45) is -1.12. The Morgan fingerprint density at radius 3 is 2.56 bits per heavy atom. The van der Waals surface area contributed by atoms with Crippen LogP contribution in [0.1, 0.15) is 28.7 Å². The van der Waals surface area contributed by atoms with E-state index in [-0.39, 0.29) is 5.69 Å². The summed E-state index contributed by atoms with van der Waals surface area (Å²) in [6.45, 7) is 0.111. The van der Waals surface area contributed by atoms with Crippen molar-refractivity contribution in [2.75, 3.05) is 24.4 Å². The summed E-state index contributed by atoms with van der Waals surface area (Å²) in [5, 5.41) is 5.66. The SMILES string of the molecule is COc1cc(CNc2ccc3c(c2)CCC3)ccc1OCC(=O)Nc1ccccc1C(F)(F)F. The van der Waals surface area contributed by atoms with Crippen LogP contribution in [0.25, 0.3) is 0 Å². The zero-order chi connectivity index (χ0) is 24.1. The maximum Gasteiger partial charge on any atom is 0.418 e. The molecule has 3 aromatic rings. The number of ether oxygens (including phenoxy) is 2. The van der Waals surface area contributed by atoms with Crippen LogP contribution in [0.3, 0.4) is 0 Å². The second kappa shape index (κ2) is 10.1. The molecular weight excluding hydrogens is 445 g/mol. The smallest absolute Gasteiger partial charge is 0.418 e. The molecule has 0 unspecified atom stereocenters. The summed E-state index contributed by atoms with van der Waals surface area (Å²) in [7, 11) is 1.49. The molecule has 1 aliphatic carbocycles. The van der Waals surface area contributed by atoms with Crippen LogP contribution in [0.4, 0.5) is 24.5 Å². The molecule has 0 aliphatic heterocycles. The van der Waals surface area contributed by atoms with Crippen LogP contribution < -0.4 is 20.1 Å². The number of anilines is 2. The maximum absolute atomic E-state index is 13.1. The summed E-state index contributed by atoms with van der Waals surface area (Å²) in [6, 6.07) is 16.5. The van der Waals surface area contributed by atoms with Crippen molar-refractivity contribution >= 4 is 17.3 Å². The van der Waals surface area contributed by atoms with E-state index in [4.69, 9.17) is 9.47 Å². The molecule has 8 heteroatoms. The standard InChI is InChI=1S/C26H25F3N2O3/c1-33-24-13-17(15-30-20-11-10-18-5-4-6-19(18)14-20)9-12-23(24)34-16-25(32)31-22-8-3-2-7-21(22)26(27,28)29/h2-3,7-14,30H,4-6,15-16H2,1H3,(H,31,32). The Balaban J connectivity index is 1.35. The Hall–Kier alpha value is -3.68. The molecule has 1 amide bonds. The van der Waals surface area contributed by atoms with Gasteiger partial charge in [-0.25, -0.2) is 0 Å². The van der Waals surface area contributed by atoms with Crippen molar-refractivity contribution in [2.24, 2.45) is 0 Å². The van der Waals surface area contributed by atoms with E-state index in [1.807, 2.05) is 6.07 Å². The van der Waals surface area contributed by atoms with Crippen LogP contribution in [0.2, 0.25) is 0 Å². The summed E-state index contributed by atoms with van der Waals surface area (Å²) in [5.74, 6) is 0.0425. The van der Waals surface area contributed by atoms with Gasteiger partial charge in [0, 0.05) is 12.2 Å². The highest BCUT2D eigenvalue weighted by molar-refractivity contribution is 5.92. The molecule has 0 radical (unpaired) electrons. The van der Waals surface area contributed by atoms with Crippen molar-refractivity contribution in [3.63, 3.8) is 0 Å². The topological polar surface area (TPSA) is 59.6 Å². The van der Waals surface area contributed by atoms with Gasteiger partial charge in [0.05, 0.1) is 18.4 Å². The molecule has 5 nitrogen and oxygen atoms in total. The van der Waals surface area contributed by atoms with Gasteiger partial charge in [-0.05, 0) is 72.4 Å². The molecule has 0 spiro atoms. The number of carbonyl (C=O) groups is 1. The molecular formula is C26H25F3N2O3. The molecule has 1 aliphatic rings. The summed E-state index contributed by atoms with van der Waals surface area (Å²) < 4.78 is 50.2. The number of fused-ring (bicyclic) bond motifs is 1. The highest BCUT2D eigenvalue weighted by atomic mass is 19.4. The monoisotopic (exact) mass is 470 g/mol. The van der Waals surface area contributed by atoms with Gasteiger partial charge >= 0.3 is 6.18 Å². The first-order chi connectivity index (χ1) is 16.3. The minimum absolute atomic E-state index is 0.316. The molecule has 2 N–H and O–H groups in total. The molecule has 4 rings (SSSR count). The predicted molar refractivity (Wildman–Crippen MR) is 124 cm³/mol. The van der Waals surface area contributed by atoms with Crippen molar-refractivity contribution in [3.05, 3.63) is 82.9 Å². The van der Waals surface area contributed by atoms with E-state index in [1.165, 1.54) is 42.9 Å². The minimum Gasteiger partial charge on any atom is -0.493 e. The Labute approximate surface area is 195 Å². The van der Waals surface area contributed by atoms with Crippen molar-refractivity contribution in [2.45, 2.75) is 32.0 Å². The van der Waals surface area contributed by atoms with Gasteiger partial charge in [-0.15, -0.1) is 0 Å². The van der Waals surface area contributed by atoms with Gasteiger partial charge in [-0.2, -0.15) is 13.2 Å². The molecule has 0 saturated heterocycles. The number of rotatable bonds is 8. The van der Waals surface area contributed by atoms with E-state index >= 15 is 0 Å². The van der Waals surface area contributed by atoms with E-state index < -0.39 is 24.3 Å². The summed E-state index contributed by atoms with van der Waals surface area (Å²) in [4.78, 5) is 12.2. The Bertz CT molecular complexity index is 1180. The van der Waals surface area contributed by atoms with Crippen LogP contribution in [0.15, 0.2) is 60.7 Å². The average Bonchev–Trinajstić information content (AvgIpc) is 3.29. The van der Waals surface area contributed by atoms with Crippen molar-refractivity contribution in [1.29, 1.82) is 0 Å². The first kappa shape index (κ1) is 23.5. The largest absolute Gasteiger partial charge is 0.493 e. The van der Waals surface area contributed by atoms with Crippen LogP contribution in [0.5, 0.6) is 11.5 Å². The van der Waals surface area contributed by atoms with Gasteiger partial charge in [-0.1, -0.05) is 24.3 Å². The molecule has 0 bridgehead atoms. The molecule has 0 aromatic heterocycles. The highest BCUT2D eigenvalue weighted by Crippen LogP contribution is 2.34. The van der Waals surface area contributed by atoms with Gasteiger partial charge in [0.15, 0.2) is 18.1 Å². The number of aryl methyl sites for hydroxylation is 2. The quantitative estimate of drug-likeness (QED) is 0.435. The number of alkyl halides is 3. The lowest BCUT2D eigenvalue weighted by Crippen LogP contribution is -2.22. The van der Waals surface area contributed by atoms with Crippen LogP contribution in [0, 0.1) is 0 Å². The molecule has 0 atom stereocenters. The molecule has 0 heterocycles. The van der Waals surface area contributed by atoms with Gasteiger partial charge < -0.3 is 20.1 Å². The Morgan fingerprint density at radius 2 is 1.76 bits per heavy atom. The molecule has 0 fully saturated rings. The number of carbonyl (C=O) groups excluding carboxylic acids is 1. The van der Waals surface area contributed by atoms with Gasteiger partial charge in [0.2, 0.25) is 0 Å². The fourth-order valence-electron chi connectivity index (χ4n) is 4.00. The number of benzene rings is 3. The number of nitrogens with one attached hydrogen (secondary N) is 2. The van der Waals surface area contributed by atoms with E-state index in [9.17, 15) is 18.0 Å². The van der Waals surface area contributed by atoms with Gasteiger partial charge in [0.1, 0.15) is 0 Å². The Kier molecular flexibility index (Phi) is 6.95. The third-order valence-electron chi connectivity index (χ3n) is 5.69. The van der Waals surface area contributed by atoms with Crippen molar-refractivity contribution < 1.29 is 27.4 Å². The number of para-hydroxylation sites is 1. The summed E-state index contributed by atoms with van der Waals surface area (Å²) >= 11 is 0. The molecule has 3 aromatic carbocycles.